The number of rotatable bonds is 7. The van der Waals surface area contributed by atoms with Crippen LogP contribution in [0, 0.1) is 0 Å². The Kier molecular flexibility index (Phi) is 5.76. The molecule has 0 radical (unpaired) electrons. The van der Waals surface area contributed by atoms with Crippen molar-refractivity contribution in [1.82, 2.24) is 10.2 Å². The Balaban J connectivity index is 3.03. The number of alkyl halides is 1. The van der Waals surface area contributed by atoms with Gasteiger partial charge in [-0.1, -0.05) is 27.2 Å². The van der Waals surface area contributed by atoms with Gasteiger partial charge in [-0.05, 0) is 25.7 Å². The molecule has 4 nitrogen and oxygen atoms in total. The Morgan fingerprint density at radius 3 is 2.37 bits per heavy atom. The van der Waals surface area contributed by atoms with E-state index in [1.165, 1.54) is 0 Å². The number of carbonyl (C=O) groups excluding carboxylic acids is 2. The molecule has 1 aliphatic heterocycles. The molecule has 0 aromatic carbocycles. The highest BCUT2D eigenvalue weighted by Crippen LogP contribution is 2.30. The van der Waals surface area contributed by atoms with Crippen LogP contribution >= 0.6 is 0 Å². The van der Waals surface area contributed by atoms with Crippen molar-refractivity contribution >= 4 is 11.8 Å². The van der Waals surface area contributed by atoms with Gasteiger partial charge in [-0.3, -0.25) is 14.0 Å². The molecule has 5 heteroatoms. The third-order valence-electron chi connectivity index (χ3n) is 4.07. The van der Waals surface area contributed by atoms with Crippen molar-refractivity contribution in [3.8, 4) is 0 Å². The van der Waals surface area contributed by atoms with Crippen LogP contribution in [0.5, 0.6) is 0 Å². The summed E-state index contributed by atoms with van der Waals surface area (Å²) in [5.41, 5.74) is -0.795. The molecule has 0 aromatic heterocycles. The zero-order valence-corrected chi connectivity index (χ0v) is 12.2. The molecule has 1 atom stereocenters. The van der Waals surface area contributed by atoms with E-state index in [4.69, 9.17) is 0 Å². The maximum Gasteiger partial charge on any atom is 0.246 e. The molecule has 1 N–H and O–H groups in total. The standard InChI is InChI=1S/C14H25FN2O2/c1-4-8-11-12(18)17(10-7-9-15)14(5-2,6-3)13(19)16-11/h11H,4-10H2,1-3H3,(H,16,19). The van der Waals surface area contributed by atoms with E-state index in [9.17, 15) is 14.0 Å². The van der Waals surface area contributed by atoms with Crippen molar-refractivity contribution in [1.29, 1.82) is 0 Å². The van der Waals surface area contributed by atoms with Gasteiger partial charge in [0, 0.05) is 6.54 Å². The minimum absolute atomic E-state index is 0.0569. The van der Waals surface area contributed by atoms with Crippen LogP contribution < -0.4 is 5.32 Å². The third kappa shape index (κ3) is 2.90. The van der Waals surface area contributed by atoms with Gasteiger partial charge in [0.05, 0.1) is 6.67 Å². The van der Waals surface area contributed by atoms with E-state index in [1.807, 2.05) is 20.8 Å². The fourth-order valence-electron chi connectivity index (χ4n) is 2.86. The number of carbonyl (C=O) groups is 2. The van der Waals surface area contributed by atoms with Gasteiger partial charge < -0.3 is 10.2 Å². The smallest absolute Gasteiger partial charge is 0.246 e. The summed E-state index contributed by atoms with van der Waals surface area (Å²) in [4.78, 5) is 26.5. The van der Waals surface area contributed by atoms with Crippen LogP contribution in [0.25, 0.3) is 0 Å². The van der Waals surface area contributed by atoms with Crippen molar-refractivity contribution in [2.75, 3.05) is 13.2 Å². The Bertz CT molecular complexity index is 329. The van der Waals surface area contributed by atoms with Crippen molar-refractivity contribution in [3.63, 3.8) is 0 Å². The van der Waals surface area contributed by atoms with E-state index >= 15 is 0 Å². The molecular formula is C14H25FN2O2. The maximum atomic E-state index is 12.5. The lowest BCUT2D eigenvalue weighted by molar-refractivity contribution is -0.158. The van der Waals surface area contributed by atoms with Gasteiger partial charge in [0.25, 0.3) is 0 Å². The monoisotopic (exact) mass is 272 g/mol. The molecule has 110 valence electrons. The van der Waals surface area contributed by atoms with Crippen LogP contribution in [0.1, 0.15) is 52.9 Å². The first-order valence-electron chi connectivity index (χ1n) is 7.25. The average molecular weight is 272 g/mol. The minimum atomic E-state index is -0.795. The summed E-state index contributed by atoms with van der Waals surface area (Å²) >= 11 is 0. The van der Waals surface area contributed by atoms with Gasteiger partial charge in [-0.25, -0.2) is 0 Å². The number of hydrogen-bond donors (Lipinski definition) is 1. The second kappa shape index (κ2) is 6.87. The SMILES string of the molecule is CCCC1NC(=O)C(CC)(CC)N(CCCF)C1=O. The van der Waals surface area contributed by atoms with Gasteiger partial charge in [-0.2, -0.15) is 0 Å². The van der Waals surface area contributed by atoms with Crippen LogP contribution in [-0.2, 0) is 9.59 Å². The molecule has 1 heterocycles. The van der Waals surface area contributed by atoms with Crippen molar-refractivity contribution in [2.24, 2.45) is 0 Å². The molecule has 0 spiro atoms. The minimum Gasteiger partial charge on any atom is -0.342 e. The number of nitrogens with one attached hydrogen (secondary N) is 1. The predicted octanol–water partition coefficient (Wildman–Crippen LogP) is 2.03. The molecule has 0 bridgehead atoms. The van der Waals surface area contributed by atoms with E-state index in [-0.39, 0.29) is 11.8 Å². The fraction of sp³-hybridized carbons (Fsp3) is 0.857. The van der Waals surface area contributed by atoms with Crippen LogP contribution in [0.15, 0.2) is 0 Å². The van der Waals surface area contributed by atoms with Crippen molar-refractivity contribution in [3.05, 3.63) is 0 Å². The summed E-state index contributed by atoms with van der Waals surface area (Å²) in [5.74, 6) is -0.145. The van der Waals surface area contributed by atoms with E-state index in [0.29, 0.717) is 32.2 Å². The quantitative estimate of drug-likeness (QED) is 0.771. The Morgan fingerprint density at radius 1 is 1.26 bits per heavy atom. The second-order valence-electron chi connectivity index (χ2n) is 5.09. The van der Waals surface area contributed by atoms with Crippen LogP contribution in [0.4, 0.5) is 4.39 Å². The molecule has 0 aromatic rings. The van der Waals surface area contributed by atoms with E-state index < -0.39 is 18.3 Å². The summed E-state index contributed by atoms with van der Waals surface area (Å²) in [6.45, 7) is 5.64. The summed E-state index contributed by atoms with van der Waals surface area (Å²) < 4.78 is 12.4. The molecule has 2 amide bonds. The number of nitrogens with zero attached hydrogens (tertiary/aromatic N) is 1. The molecule has 0 saturated carbocycles. The lowest BCUT2D eigenvalue weighted by atomic mass is 9.85. The molecule has 1 rings (SSSR count). The summed E-state index contributed by atoms with van der Waals surface area (Å²) in [5, 5.41) is 2.84. The van der Waals surface area contributed by atoms with Crippen LogP contribution in [-0.4, -0.2) is 41.5 Å². The largest absolute Gasteiger partial charge is 0.342 e. The number of hydrogen-bond acceptors (Lipinski definition) is 2. The first-order chi connectivity index (χ1) is 9.07. The van der Waals surface area contributed by atoms with E-state index in [1.54, 1.807) is 4.90 Å². The van der Waals surface area contributed by atoms with Crippen molar-refractivity contribution in [2.45, 2.75) is 64.5 Å². The van der Waals surface area contributed by atoms with Gasteiger partial charge in [0.15, 0.2) is 0 Å². The Labute approximate surface area is 114 Å². The van der Waals surface area contributed by atoms with Gasteiger partial charge >= 0.3 is 0 Å². The Hall–Kier alpha value is -1.13. The van der Waals surface area contributed by atoms with Gasteiger partial charge in [0.2, 0.25) is 11.8 Å². The third-order valence-corrected chi connectivity index (χ3v) is 4.07. The first-order valence-corrected chi connectivity index (χ1v) is 7.25. The number of halogens is 1. The molecule has 1 aliphatic rings. The zero-order valence-electron chi connectivity index (χ0n) is 12.2. The summed E-state index contributed by atoms with van der Waals surface area (Å²) in [7, 11) is 0. The molecule has 1 unspecified atom stereocenters. The van der Waals surface area contributed by atoms with Gasteiger partial charge in [0.1, 0.15) is 11.6 Å². The van der Waals surface area contributed by atoms with E-state index in [0.717, 1.165) is 6.42 Å². The van der Waals surface area contributed by atoms with Crippen LogP contribution in [0.3, 0.4) is 0 Å². The summed E-state index contributed by atoms with van der Waals surface area (Å²) in [6, 6.07) is -0.441. The lowest BCUT2D eigenvalue weighted by Crippen LogP contribution is -2.70. The fourth-order valence-corrected chi connectivity index (χ4v) is 2.86. The average Bonchev–Trinajstić information content (AvgIpc) is 2.41. The number of piperazine rings is 1. The lowest BCUT2D eigenvalue weighted by Gasteiger charge is -2.47. The van der Waals surface area contributed by atoms with Gasteiger partial charge in [-0.15, -0.1) is 0 Å². The zero-order chi connectivity index (χ0) is 14.5. The molecule has 1 saturated heterocycles. The maximum absolute atomic E-state index is 12.5. The first kappa shape index (κ1) is 15.9. The van der Waals surface area contributed by atoms with E-state index in [2.05, 4.69) is 5.32 Å². The number of amides is 2. The Morgan fingerprint density at radius 2 is 1.89 bits per heavy atom. The molecular weight excluding hydrogens is 247 g/mol. The van der Waals surface area contributed by atoms with Crippen LogP contribution in [0.2, 0.25) is 0 Å². The molecule has 0 aliphatic carbocycles. The predicted molar refractivity (Wildman–Crippen MR) is 72.5 cm³/mol. The highest BCUT2D eigenvalue weighted by Gasteiger charge is 2.49. The topological polar surface area (TPSA) is 49.4 Å². The molecule has 1 fully saturated rings. The normalized spacial score (nSPS) is 22.5. The highest BCUT2D eigenvalue weighted by molar-refractivity contribution is 5.99. The summed E-state index contributed by atoms with van der Waals surface area (Å²) in [6.07, 6.45) is 2.89. The second-order valence-corrected chi connectivity index (χ2v) is 5.09. The molecule has 19 heavy (non-hydrogen) atoms. The van der Waals surface area contributed by atoms with Crippen molar-refractivity contribution < 1.29 is 14.0 Å². The highest BCUT2D eigenvalue weighted by atomic mass is 19.1.